The van der Waals surface area contributed by atoms with Crippen molar-refractivity contribution in [3.8, 4) is 0 Å². The fraction of sp³-hybridized carbons (Fsp3) is 0.250. The topological polar surface area (TPSA) is 0 Å². The number of rotatable bonds is 6. The summed E-state index contributed by atoms with van der Waals surface area (Å²) in [5.41, 5.74) is 2.61. The largest absolute Gasteiger partial charge is 0.0725 e. The molecule has 0 N–H and O–H groups in total. The molecule has 14 heavy (non-hydrogen) atoms. The molecule has 0 saturated carbocycles. The Bertz CT molecular complexity index is 246. The second-order valence-corrected chi connectivity index (χ2v) is 8.21. The minimum absolute atomic E-state index is 0.945. The van der Waals surface area contributed by atoms with Gasteiger partial charge in [-0.1, -0.05) is 45.9 Å². The van der Waals surface area contributed by atoms with Crippen molar-refractivity contribution in [2.45, 2.75) is 11.5 Å². The van der Waals surface area contributed by atoms with Crippen LogP contribution in [0.1, 0.15) is 11.1 Å². The lowest BCUT2D eigenvalue weighted by Crippen LogP contribution is -1.83. The fourth-order valence-electron chi connectivity index (χ4n) is 0.990. The van der Waals surface area contributed by atoms with Crippen molar-refractivity contribution < 1.29 is 0 Å². The van der Waals surface area contributed by atoms with Crippen molar-refractivity contribution in [3.63, 3.8) is 0 Å². The first-order valence-corrected chi connectivity index (χ1v) is 10.0. The smallest absolute Gasteiger partial charge is 0.0300 e. The molecule has 0 bridgehead atoms. The van der Waals surface area contributed by atoms with E-state index in [-0.39, 0.29) is 0 Å². The molecule has 0 amide bonds. The molecule has 1 aromatic rings. The van der Waals surface area contributed by atoms with Crippen LogP contribution >= 0.6 is 63.0 Å². The van der Waals surface area contributed by atoms with Crippen molar-refractivity contribution in [1.29, 1.82) is 0 Å². The quantitative estimate of drug-likeness (QED) is 0.613. The highest BCUT2D eigenvalue weighted by atomic mass is 35.7. The van der Waals surface area contributed by atoms with E-state index in [0.717, 1.165) is 11.5 Å². The minimum Gasteiger partial charge on any atom is -0.0725 e. The van der Waals surface area contributed by atoms with Crippen molar-refractivity contribution in [2.24, 2.45) is 0 Å². The molecule has 0 fully saturated rings. The highest BCUT2D eigenvalue weighted by Crippen LogP contribution is 2.31. The predicted molar refractivity (Wildman–Crippen MR) is 75.9 cm³/mol. The number of halogens is 2. The predicted octanol–water partition coefficient (Wildman–Crippen LogP) is 5.76. The van der Waals surface area contributed by atoms with Crippen LogP contribution in [0, 0.1) is 0 Å². The van der Waals surface area contributed by atoms with Crippen LogP contribution in [-0.4, -0.2) is 0 Å². The van der Waals surface area contributed by atoms with Gasteiger partial charge in [-0.15, -0.1) is 0 Å². The van der Waals surface area contributed by atoms with Crippen LogP contribution < -0.4 is 0 Å². The molecule has 0 aliphatic rings. The van der Waals surface area contributed by atoms with Crippen LogP contribution in [0.15, 0.2) is 24.3 Å². The molecule has 0 heterocycles. The standard InChI is InChI=1S/C8H8Cl2S4/c9-13-11-5-7-2-1-3-8(4-7)6-12-14-10/h1-4H,5-6H2. The van der Waals surface area contributed by atoms with Gasteiger partial charge >= 0.3 is 0 Å². The van der Waals surface area contributed by atoms with E-state index in [0.29, 0.717) is 0 Å². The summed E-state index contributed by atoms with van der Waals surface area (Å²) in [6.45, 7) is 0. The molecular formula is C8H8Cl2S4. The first-order chi connectivity index (χ1) is 6.86. The molecule has 0 aliphatic heterocycles. The molecule has 0 aliphatic carbocycles. The van der Waals surface area contributed by atoms with Gasteiger partial charge in [0.05, 0.1) is 0 Å². The summed E-state index contributed by atoms with van der Waals surface area (Å²) < 4.78 is 0. The highest BCUT2D eigenvalue weighted by molar-refractivity contribution is 8.85. The zero-order valence-electron chi connectivity index (χ0n) is 7.11. The Hall–Kier alpha value is 1.20. The zero-order chi connectivity index (χ0) is 10.2. The molecule has 0 aromatic heterocycles. The number of hydrogen-bond acceptors (Lipinski definition) is 4. The molecule has 6 heteroatoms. The van der Waals surface area contributed by atoms with Gasteiger partial charge in [0.15, 0.2) is 0 Å². The summed E-state index contributed by atoms with van der Waals surface area (Å²) in [6, 6.07) is 8.49. The Morgan fingerprint density at radius 2 is 1.43 bits per heavy atom. The van der Waals surface area contributed by atoms with E-state index in [1.54, 1.807) is 21.6 Å². The van der Waals surface area contributed by atoms with Crippen LogP contribution in [0.5, 0.6) is 0 Å². The molecule has 0 radical (unpaired) electrons. The van der Waals surface area contributed by atoms with Crippen molar-refractivity contribution in [2.75, 3.05) is 0 Å². The van der Waals surface area contributed by atoms with E-state index in [2.05, 4.69) is 24.3 Å². The Labute approximate surface area is 109 Å². The van der Waals surface area contributed by atoms with Gasteiger partial charge in [-0.25, -0.2) is 0 Å². The lowest BCUT2D eigenvalue weighted by molar-refractivity contribution is 1.34. The van der Waals surface area contributed by atoms with Gasteiger partial charge in [-0.3, -0.25) is 0 Å². The number of benzene rings is 1. The normalized spacial score (nSPS) is 10.4. The van der Waals surface area contributed by atoms with Gasteiger partial charge in [0.1, 0.15) is 0 Å². The highest BCUT2D eigenvalue weighted by Gasteiger charge is 1.97. The first-order valence-electron chi connectivity index (χ1n) is 3.75. The summed E-state index contributed by atoms with van der Waals surface area (Å²) >= 11 is 0. The maximum absolute atomic E-state index is 5.53. The molecule has 0 nitrogen and oxygen atoms in total. The minimum atomic E-state index is 0.945. The Morgan fingerprint density at radius 1 is 0.929 bits per heavy atom. The zero-order valence-corrected chi connectivity index (χ0v) is 11.9. The van der Waals surface area contributed by atoms with Crippen molar-refractivity contribution in [3.05, 3.63) is 35.4 Å². The van der Waals surface area contributed by atoms with Crippen molar-refractivity contribution >= 4 is 63.0 Å². The van der Waals surface area contributed by atoms with E-state index in [9.17, 15) is 0 Å². The average molecular weight is 303 g/mol. The van der Waals surface area contributed by atoms with Crippen molar-refractivity contribution in [1.82, 2.24) is 0 Å². The van der Waals surface area contributed by atoms with E-state index < -0.39 is 0 Å². The van der Waals surface area contributed by atoms with E-state index >= 15 is 0 Å². The Balaban J connectivity index is 2.50. The molecule has 1 aromatic carbocycles. The molecule has 1 rings (SSSR count). The third-order valence-corrected chi connectivity index (χ3v) is 5.46. The van der Waals surface area contributed by atoms with Crippen LogP contribution in [0.3, 0.4) is 0 Å². The van der Waals surface area contributed by atoms with Gasteiger partial charge < -0.3 is 0 Å². The maximum Gasteiger partial charge on any atom is 0.0300 e. The molecule has 0 spiro atoms. The summed E-state index contributed by atoms with van der Waals surface area (Å²) in [6.07, 6.45) is 0. The van der Waals surface area contributed by atoms with E-state index in [4.69, 9.17) is 21.4 Å². The molecule has 0 unspecified atom stereocenters. The maximum atomic E-state index is 5.53. The van der Waals surface area contributed by atoms with Crippen LogP contribution in [0.4, 0.5) is 0 Å². The lowest BCUT2D eigenvalue weighted by atomic mass is 10.2. The average Bonchev–Trinajstić information content (AvgIpc) is 2.24. The third-order valence-electron chi connectivity index (χ3n) is 1.53. The van der Waals surface area contributed by atoms with Gasteiger partial charge in [0.2, 0.25) is 0 Å². The second-order valence-electron chi connectivity index (χ2n) is 2.47. The van der Waals surface area contributed by atoms with Gasteiger partial charge in [0, 0.05) is 31.5 Å². The van der Waals surface area contributed by atoms with Gasteiger partial charge in [-0.2, -0.15) is 0 Å². The number of hydrogen-bond donors (Lipinski definition) is 0. The first kappa shape index (κ1) is 13.3. The summed E-state index contributed by atoms with van der Waals surface area (Å²) in [5.74, 6) is 1.89. The lowest BCUT2D eigenvalue weighted by Gasteiger charge is -2.02. The van der Waals surface area contributed by atoms with E-state index in [1.807, 2.05) is 0 Å². The Morgan fingerprint density at radius 3 is 1.86 bits per heavy atom. The second kappa shape index (κ2) is 8.36. The fourth-order valence-corrected chi connectivity index (χ4v) is 3.60. The molecule has 0 saturated heterocycles. The van der Waals surface area contributed by atoms with Gasteiger partial charge in [-0.05, 0) is 32.5 Å². The van der Waals surface area contributed by atoms with Crippen LogP contribution in [0.2, 0.25) is 0 Å². The molecule has 0 atom stereocenters. The summed E-state index contributed by atoms with van der Waals surface area (Å²) in [7, 11) is 16.9. The third kappa shape index (κ3) is 5.33. The molecular weight excluding hydrogens is 295 g/mol. The monoisotopic (exact) mass is 302 g/mol. The van der Waals surface area contributed by atoms with Crippen LogP contribution in [0.25, 0.3) is 0 Å². The summed E-state index contributed by atoms with van der Waals surface area (Å²) in [5, 5.41) is 0. The SMILES string of the molecule is ClSSCc1cccc(CSSCl)c1. The van der Waals surface area contributed by atoms with E-state index in [1.165, 1.54) is 31.1 Å². The van der Waals surface area contributed by atoms with Gasteiger partial charge in [0.25, 0.3) is 0 Å². The van der Waals surface area contributed by atoms with Crippen LogP contribution in [-0.2, 0) is 11.5 Å². The Kier molecular flexibility index (Phi) is 7.92. The molecule has 78 valence electrons. The summed E-state index contributed by atoms with van der Waals surface area (Å²) in [4.78, 5) is 0.